The van der Waals surface area contributed by atoms with Crippen LogP contribution in [0.4, 0.5) is 5.95 Å². The molecule has 1 aliphatic heterocycles. The second-order valence-electron chi connectivity index (χ2n) is 7.41. The summed E-state index contributed by atoms with van der Waals surface area (Å²) in [7, 11) is 0. The van der Waals surface area contributed by atoms with E-state index in [1.165, 1.54) is 0 Å². The van der Waals surface area contributed by atoms with Crippen molar-refractivity contribution in [2.24, 2.45) is 0 Å². The van der Waals surface area contributed by atoms with Crippen LogP contribution in [0.5, 0.6) is 0 Å². The van der Waals surface area contributed by atoms with Gasteiger partial charge in [-0.1, -0.05) is 29.5 Å². The maximum absolute atomic E-state index is 12.9. The van der Waals surface area contributed by atoms with E-state index in [1.54, 1.807) is 12.4 Å². The number of piperazine rings is 1. The highest BCUT2D eigenvalue weighted by molar-refractivity contribution is 9.10. The first-order valence-electron chi connectivity index (χ1n) is 10.1. The van der Waals surface area contributed by atoms with Gasteiger partial charge in [0.05, 0.1) is 16.5 Å². The molecular formula is C22H20BrN7O. The molecule has 2 aromatic carbocycles. The van der Waals surface area contributed by atoms with E-state index in [9.17, 15) is 4.79 Å². The molecule has 1 fully saturated rings. The zero-order valence-corrected chi connectivity index (χ0v) is 18.3. The Morgan fingerprint density at radius 3 is 2.39 bits per heavy atom. The fourth-order valence-corrected chi connectivity index (χ4v) is 3.93. The largest absolute Gasteiger partial charge is 0.337 e. The van der Waals surface area contributed by atoms with E-state index in [4.69, 9.17) is 0 Å². The van der Waals surface area contributed by atoms with Crippen LogP contribution >= 0.6 is 15.9 Å². The van der Waals surface area contributed by atoms with Crippen LogP contribution < -0.4 is 4.90 Å². The zero-order chi connectivity index (χ0) is 21.2. The number of nitrogens with zero attached hydrogens (tertiary/aromatic N) is 7. The molecule has 1 aliphatic rings. The third kappa shape index (κ3) is 4.13. The summed E-state index contributed by atoms with van der Waals surface area (Å²) in [5.74, 6) is 0.745. The van der Waals surface area contributed by atoms with Crippen molar-refractivity contribution in [2.45, 2.75) is 6.54 Å². The quantitative estimate of drug-likeness (QED) is 0.449. The number of anilines is 1. The van der Waals surface area contributed by atoms with Crippen LogP contribution in [-0.2, 0) is 6.54 Å². The lowest BCUT2D eigenvalue weighted by atomic mass is 10.1. The maximum Gasteiger partial charge on any atom is 0.253 e. The molecule has 0 aliphatic carbocycles. The summed E-state index contributed by atoms with van der Waals surface area (Å²) < 4.78 is 2.72. The number of carbonyl (C=O) groups excluding carboxylic acids is 1. The Bertz CT molecular complexity index is 1200. The summed E-state index contributed by atoms with van der Waals surface area (Å²) in [5, 5.41) is 8.42. The molecule has 0 spiro atoms. The van der Waals surface area contributed by atoms with Crippen molar-refractivity contribution in [3.63, 3.8) is 0 Å². The average Bonchev–Trinajstić information content (AvgIpc) is 3.23. The number of halogens is 1. The second-order valence-corrected chi connectivity index (χ2v) is 8.33. The van der Waals surface area contributed by atoms with Crippen LogP contribution in [0.15, 0.2) is 65.4 Å². The highest BCUT2D eigenvalue weighted by Crippen LogP contribution is 2.16. The Labute approximate surface area is 187 Å². The van der Waals surface area contributed by atoms with Gasteiger partial charge in [0.1, 0.15) is 5.52 Å². The van der Waals surface area contributed by atoms with Gasteiger partial charge >= 0.3 is 0 Å². The SMILES string of the molecule is O=C(c1ccc(Cn2nnc3ccccc32)cc1)N1CCN(c2ncc(Br)cn2)CC1. The number of para-hydroxylation sites is 1. The van der Waals surface area contributed by atoms with Crippen LogP contribution in [0.2, 0.25) is 0 Å². The Morgan fingerprint density at radius 2 is 1.65 bits per heavy atom. The first kappa shape index (κ1) is 19.6. The molecule has 0 atom stereocenters. The molecule has 9 heteroatoms. The van der Waals surface area contributed by atoms with Crippen molar-refractivity contribution in [1.29, 1.82) is 0 Å². The van der Waals surface area contributed by atoms with Gasteiger partial charge in [0.15, 0.2) is 0 Å². The Hall–Kier alpha value is -3.33. The van der Waals surface area contributed by atoms with E-state index in [-0.39, 0.29) is 5.91 Å². The van der Waals surface area contributed by atoms with Crippen LogP contribution in [0.3, 0.4) is 0 Å². The molecule has 4 aromatic rings. The van der Waals surface area contributed by atoms with E-state index < -0.39 is 0 Å². The standard InChI is InChI=1S/C22H20BrN7O/c23-18-13-24-22(25-14-18)29-11-9-28(10-12-29)21(31)17-7-5-16(6-8-17)15-30-20-4-2-1-3-19(20)26-27-30/h1-8,13-14H,9-12,15H2. The topological polar surface area (TPSA) is 80.0 Å². The number of carbonyl (C=O) groups is 1. The van der Waals surface area contributed by atoms with Crippen molar-refractivity contribution in [3.05, 3.63) is 76.5 Å². The molecule has 0 radical (unpaired) electrons. The molecule has 1 saturated heterocycles. The molecule has 3 heterocycles. The molecule has 0 bridgehead atoms. The monoisotopic (exact) mass is 477 g/mol. The third-order valence-electron chi connectivity index (χ3n) is 5.41. The summed E-state index contributed by atoms with van der Waals surface area (Å²) in [6.45, 7) is 3.33. The van der Waals surface area contributed by atoms with E-state index >= 15 is 0 Å². The summed E-state index contributed by atoms with van der Waals surface area (Å²) in [5.41, 5.74) is 3.64. The van der Waals surface area contributed by atoms with Crippen molar-refractivity contribution in [2.75, 3.05) is 31.1 Å². The molecule has 156 valence electrons. The normalized spacial score (nSPS) is 14.2. The summed E-state index contributed by atoms with van der Waals surface area (Å²) in [6, 6.07) is 15.6. The van der Waals surface area contributed by atoms with Crippen molar-refractivity contribution < 1.29 is 4.79 Å². The second kappa shape index (κ2) is 8.43. The van der Waals surface area contributed by atoms with Crippen LogP contribution in [-0.4, -0.2) is 61.9 Å². The molecule has 0 N–H and O–H groups in total. The van der Waals surface area contributed by atoms with Gasteiger partial charge in [0, 0.05) is 44.1 Å². The Kier molecular flexibility index (Phi) is 5.33. The first-order chi connectivity index (χ1) is 15.2. The maximum atomic E-state index is 12.9. The third-order valence-corrected chi connectivity index (χ3v) is 5.82. The number of hydrogen-bond acceptors (Lipinski definition) is 6. The predicted molar refractivity (Wildman–Crippen MR) is 121 cm³/mol. The van der Waals surface area contributed by atoms with Crippen LogP contribution in [0.1, 0.15) is 15.9 Å². The summed E-state index contributed by atoms with van der Waals surface area (Å²) in [4.78, 5) is 25.6. The van der Waals surface area contributed by atoms with Gasteiger partial charge in [0.2, 0.25) is 5.95 Å². The molecule has 5 rings (SSSR count). The van der Waals surface area contributed by atoms with Gasteiger partial charge in [-0.15, -0.1) is 5.10 Å². The predicted octanol–water partition coefficient (Wildman–Crippen LogP) is 2.99. The number of amides is 1. The lowest BCUT2D eigenvalue weighted by molar-refractivity contribution is 0.0746. The molecular weight excluding hydrogens is 458 g/mol. The number of fused-ring (bicyclic) bond motifs is 1. The number of aromatic nitrogens is 5. The number of rotatable bonds is 4. The fourth-order valence-electron chi connectivity index (χ4n) is 3.72. The Balaban J connectivity index is 1.22. The summed E-state index contributed by atoms with van der Waals surface area (Å²) >= 11 is 3.35. The number of hydrogen-bond donors (Lipinski definition) is 0. The molecule has 1 amide bonds. The zero-order valence-electron chi connectivity index (χ0n) is 16.7. The van der Waals surface area contributed by atoms with Crippen LogP contribution in [0, 0.1) is 0 Å². The molecule has 0 saturated carbocycles. The van der Waals surface area contributed by atoms with Crippen molar-refractivity contribution >= 4 is 38.8 Å². The minimum atomic E-state index is 0.0501. The molecule has 2 aromatic heterocycles. The van der Waals surface area contributed by atoms with Gasteiger partial charge in [-0.3, -0.25) is 4.79 Å². The lowest BCUT2D eigenvalue weighted by Crippen LogP contribution is -2.49. The first-order valence-corrected chi connectivity index (χ1v) is 10.9. The van der Waals surface area contributed by atoms with E-state index in [0.717, 1.165) is 21.1 Å². The minimum Gasteiger partial charge on any atom is -0.337 e. The highest BCUT2D eigenvalue weighted by Gasteiger charge is 2.23. The van der Waals surface area contributed by atoms with E-state index in [0.29, 0.717) is 44.2 Å². The van der Waals surface area contributed by atoms with E-state index in [2.05, 4.69) is 41.1 Å². The number of benzene rings is 2. The molecule has 8 nitrogen and oxygen atoms in total. The fraction of sp³-hybridized carbons (Fsp3) is 0.227. The highest BCUT2D eigenvalue weighted by atomic mass is 79.9. The van der Waals surface area contributed by atoms with Crippen molar-refractivity contribution in [3.8, 4) is 0 Å². The van der Waals surface area contributed by atoms with Gasteiger partial charge < -0.3 is 9.80 Å². The van der Waals surface area contributed by atoms with Gasteiger partial charge in [-0.25, -0.2) is 14.6 Å². The van der Waals surface area contributed by atoms with Crippen LogP contribution in [0.25, 0.3) is 11.0 Å². The average molecular weight is 478 g/mol. The minimum absolute atomic E-state index is 0.0501. The molecule has 31 heavy (non-hydrogen) atoms. The smallest absolute Gasteiger partial charge is 0.253 e. The van der Waals surface area contributed by atoms with Gasteiger partial charge in [-0.2, -0.15) is 0 Å². The summed E-state index contributed by atoms with van der Waals surface area (Å²) in [6.07, 6.45) is 3.48. The van der Waals surface area contributed by atoms with Gasteiger partial charge in [-0.05, 0) is 45.8 Å². The van der Waals surface area contributed by atoms with Gasteiger partial charge in [0.25, 0.3) is 5.91 Å². The molecule has 0 unspecified atom stereocenters. The Morgan fingerprint density at radius 1 is 0.935 bits per heavy atom. The van der Waals surface area contributed by atoms with Crippen molar-refractivity contribution in [1.82, 2.24) is 29.9 Å². The van der Waals surface area contributed by atoms with E-state index in [1.807, 2.05) is 58.1 Å². The lowest BCUT2D eigenvalue weighted by Gasteiger charge is -2.34.